The van der Waals surface area contributed by atoms with Gasteiger partial charge in [-0.05, 0) is 25.0 Å². The molecule has 0 saturated carbocycles. The van der Waals surface area contributed by atoms with E-state index in [4.69, 9.17) is 11.6 Å². The lowest BCUT2D eigenvalue weighted by atomic mass is 10.1. The molecule has 1 atom stereocenters. The molecule has 0 saturated heterocycles. The van der Waals surface area contributed by atoms with Crippen LogP contribution < -0.4 is 10.6 Å². The summed E-state index contributed by atoms with van der Waals surface area (Å²) < 4.78 is 1.58. The average molecular weight is 470 g/mol. The predicted molar refractivity (Wildman–Crippen MR) is 122 cm³/mol. The summed E-state index contributed by atoms with van der Waals surface area (Å²) in [7, 11) is 1.75. The van der Waals surface area contributed by atoms with Crippen LogP contribution in [0.5, 0.6) is 0 Å². The Morgan fingerprint density at radius 1 is 1.16 bits per heavy atom. The fourth-order valence-corrected chi connectivity index (χ4v) is 4.23. The third-order valence-corrected chi connectivity index (χ3v) is 6.40. The van der Waals surface area contributed by atoms with Crippen LogP contribution in [0.3, 0.4) is 0 Å². The Balaban J connectivity index is 1.36. The zero-order chi connectivity index (χ0) is 22.7. The molecule has 0 aliphatic rings. The Kier molecular flexibility index (Phi) is 6.42. The molecular weight excluding hydrogens is 450 g/mol. The molecule has 0 spiro atoms. The molecule has 1 unspecified atom stereocenters. The standard InChI is InChI=1S/C21H20ClN7O2S/c1-12(28-20(31)17-14-9-27-29(2)18(14)26-11-25-17)21-24-10-16(32-21)19(30)23-8-7-13-5-3-4-6-15(13)22/h3-6,9-12H,7-8H2,1-2H3,(H,23,30)(H,28,31). The second-order valence-corrected chi connectivity index (χ2v) is 8.55. The number of aromatic nitrogens is 5. The van der Waals surface area contributed by atoms with Gasteiger partial charge in [-0.2, -0.15) is 5.10 Å². The molecule has 3 aromatic heterocycles. The SMILES string of the molecule is CC(NC(=O)c1ncnc2c1cnn2C)c1ncc(C(=O)NCCc2ccccc2Cl)s1. The summed E-state index contributed by atoms with van der Waals surface area (Å²) in [6.45, 7) is 2.26. The number of carbonyl (C=O) groups is 2. The molecule has 32 heavy (non-hydrogen) atoms. The number of amides is 2. The molecule has 0 aliphatic heterocycles. The molecule has 3 heterocycles. The summed E-state index contributed by atoms with van der Waals surface area (Å²) in [4.78, 5) is 38.2. The maximum atomic E-state index is 12.7. The van der Waals surface area contributed by atoms with Crippen molar-refractivity contribution in [3.8, 4) is 0 Å². The Labute approximate surface area is 192 Å². The van der Waals surface area contributed by atoms with Gasteiger partial charge < -0.3 is 10.6 Å². The normalized spacial score (nSPS) is 12.0. The van der Waals surface area contributed by atoms with Crippen molar-refractivity contribution >= 4 is 45.8 Å². The predicted octanol–water partition coefficient (Wildman–Crippen LogP) is 2.94. The number of hydrogen-bond acceptors (Lipinski definition) is 7. The van der Waals surface area contributed by atoms with Crippen molar-refractivity contribution in [1.29, 1.82) is 0 Å². The maximum Gasteiger partial charge on any atom is 0.271 e. The molecule has 0 bridgehead atoms. The zero-order valence-corrected chi connectivity index (χ0v) is 18.9. The highest BCUT2D eigenvalue weighted by atomic mass is 35.5. The largest absolute Gasteiger partial charge is 0.351 e. The second kappa shape index (κ2) is 9.41. The third-order valence-electron chi connectivity index (χ3n) is 4.85. The molecule has 2 N–H and O–H groups in total. The summed E-state index contributed by atoms with van der Waals surface area (Å²) in [6.07, 6.45) is 5.03. The van der Waals surface area contributed by atoms with Crippen molar-refractivity contribution in [1.82, 2.24) is 35.4 Å². The van der Waals surface area contributed by atoms with Crippen molar-refractivity contribution in [2.45, 2.75) is 19.4 Å². The van der Waals surface area contributed by atoms with Crippen LogP contribution in [0, 0.1) is 0 Å². The number of aryl methyl sites for hydroxylation is 1. The molecular formula is C21H20ClN7O2S. The van der Waals surface area contributed by atoms with Crippen LogP contribution >= 0.6 is 22.9 Å². The molecule has 4 rings (SSSR count). The van der Waals surface area contributed by atoms with Crippen molar-refractivity contribution in [3.05, 3.63) is 69.2 Å². The highest BCUT2D eigenvalue weighted by molar-refractivity contribution is 7.13. The van der Waals surface area contributed by atoms with Crippen LogP contribution in [0.15, 0.2) is 43.0 Å². The number of carbonyl (C=O) groups excluding carboxylic acids is 2. The lowest BCUT2D eigenvalue weighted by molar-refractivity contribution is 0.0933. The van der Waals surface area contributed by atoms with E-state index in [0.29, 0.717) is 38.9 Å². The highest BCUT2D eigenvalue weighted by Crippen LogP contribution is 2.21. The number of hydrogen-bond donors (Lipinski definition) is 2. The van der Waals surface area contributed by atoms with Gasteiger partial charge in [0, 0.05) is 18.6 Å². The number of nitrogens with zero attached hydrogens (tertiary/aromatic N) is 5. The molecule has 0 fully saturated rings. The van der Waals surface area contributed by atoms with E-state index in [-0.39, 0.29) is 17.5 Å². The topological polar surface area (TPSA) is 115 Å². The number of fused-ring (bicyclic) bond motifs is 1. The van der Waals surface area contributed by atoms with Gasteiger partial charge in [0.1, 0.15) is 21.9 Å². The van der Waals surface area contributed by atoms with E-state index in [9.17, 15) is 9.59 Å². The van der Waals surface area contributed by atoms with Crippen LogP contribution in [-0.2, 0) is 13.5 Å². The van der Waals surface area contributed by atoms with Crippen LogP contribution in [0.25, 0.3) is 11.0 Å². The Morgan fingerprint density at radius 2 is 1.97 bits per heavy atom. The van der Waals surface area contributed by atoms with Crippen molar-refractivity contribution in [2.24, 2.45) is 7.05 Å². The quantitative estimate of drug-likeness (QED) is 0.430. The number of nitrogens with one attached hydrogen (secondary N) is 2. The first-order valence-electron chi connectivity index (χ1n) is 9.85. The molecule has 164 valence electrons. The van der Waals surface area contributed by atoms with Crippen LogP contribution in [0.4, 0.5) is 0 Å². The van der Waals surface area contributed by atoms with E-state index in [1.165, 1.54) is 23.9 Å². The van der Waals surface area contributed by atoms with Gasteiger partial charge in [0.2, 0.25) is 0 Å². The number of halogens is 1. The smallest absolute Gasteiger partial charge is 0.271 e. The van der Waals surface area contributed by atoms with Crippen LogP contribution in [0.2, 0.25) is 5.02 Å². The van der Waals surface area contributed by atoms with E-state index in [2.05, 4.69) is 30.7 Å². The summed E-state index contributed by atoms with van der Waals surface area (Å²) in [5.74, 6) is -0.578. The molecule has 1 aromatic carbocycles. The monoisotopic (exact) mass is 469 g/mol. The van der Waals surface area contributed by atoms with Gasteiger partial charge >= 0.3 is 0 Å². The molecule has 4 aromatic rings. The third kappa shape index (κ3) is 4.61. The second-order valence-electron chi connectivity index (χ2n) is 7.08. The lowest BCUT2D eigenvalue weighted by Crippen LogP contribution is -2.27. The minimum Gasteiger partial charge on any atom is -0.351 e. The van der Waals surface area contributed by atoms with Gasteiger partial charge in [-0.1, -0.05) is 29.8 Å². The fourth-order valence-electron chi connectivity index (χ4n) is 3.16. The minimum atomic E-state index is -0.404. The Bertz CT molecular complexity index is 1290. The lowest BCUT2D eigenvalue weighted by Gasteiger charge is -2.11. The average Bonchev–Trinajstić information content (AvgIpc) is 3.42. The van der Waals surface area contributed by atoms with Gasteiger partial charge in [0.25, 0.3) is 11.8 Å². The summed E-state index contributed by atoms with van der Waals surface area (Å²) in [5, 5.41) is 11.7. The minimum absolute atomic E-state index is 0.216. The Hall–Kier alpha value is -3.37. The van der Waals surface area contributed by atoms with Crippen molar-refractivity contribution < 1.29 is 9.59 Å². The first kappa shape index (κ1) is 21.8. The van der Waals surface area contributed by atoms with Crippen molar-refractivity contribution in [2.75, 3.05) is 6.54 Å². The molecule has 2 amide bonds. The van der Waals surface area contributed by atoms with Gasteiger partial charge in [0.05, 0.1) is 23.8 Å². The summed E-state index contributed by atoms with van der Waals surface area (Å²) in [6, 6.07) is 7.13. The van der Waals surface area contributed by atoms with E-state index < -0.39 is 6.04 Å². The number of benzene rings is 1. The first-order chi connectivity index (χ1) is 15.4. The zero-order valence-electron chi connectivity index (χ0n) is 17.4. The number of thiazole rings is 1. The highest BCUT2D eigenvalue weighted by Gasteiger charge is 2.20. The van der Waals surface area contributed by atoms with Gasteiger partial charge in [0.15, 0.2) is 5.65 Å². The van der Waals surface area contributed by atoms with Crippen LogP contribution in [-0.4, -0.2) is 43.1 Å². The van der Waals surface area contributed by atoms with E-state index in [1.54, 1.807) is 24.9 Å². The molecule has 0 aliphatic carbocycles. The summed E-state index contributed by atoms with van der Waals surface area (Å²) in [5.41, 5.74) is 1.79. The van der Waals surface area contributed by atoms with Crippen LogP contribution in [0.1, 0.15) is 43.7 Å². The van der Waals surface area contributed by atoms with E-state index in [1.807, 2.05) is 24.3 Å². The van der Waals surface area contributed by atoms with Gasteiger partial charge in [-0.15, -0.1) is 11.3 Å². The van der Waals surface area contributed by atoms with Crippen molar-refractivity contribution in [3.63, 3.8) is 0 Å². The molecule has 0 radical (unpaired) electrons. The molecule has 9 nitrogen and oxygen atoms in total. The fraction of sp³-hybridized carbons (Fsp3) is 0.238. The maximum absolute atomic E-state index is 12.7. The number of rotatable bonds is 7. The van der Waals surface area contributed by atoms with Gasteiger partial charge in [-0.3, -0.25) is 14.3 Å². The van der Waals surface area contributed by atoms with E-state index >= 15 is 0 Å². The van der Waals surface area contributed by atoms with Gasteiger partial charge in [-0.25, -0.2) is 15.0 Å². The first-order valence-corrected chi connectivity index (χ1v) is 11.0. The molecule has 11 heteroatoms. The Morgan fingerprint density at radius 3 is 2.78 bits per heavy atom. The summed E-state index contributed by atoms with van der Waals surface area (Å²) >= 11 is 7.38. The van der Waals surface area contributed by atoms with E-state index in [0.717, 1.165) is 5.56 Å².